The molecule has 3 heteroatoms. The molecule has 0 bridgehead atoms. The molecule has 19 heavy (non-hydrogen) atoms. The summed E-state index contributed by atoms with van der Waals surface area (Å²) in [5.74, 6) is 1.17. The highest BCUT2D eigenvalue weighted by Gasteiger charge is 2.18. The van der Waals surface area contributed by atoms with Gasteiger partial charge in [-0.15, -0.1) is 0 Å². The van der Waals surface area contributed by atoms with E-state index in [0.717, 1.165) is 22.5 Å². The zero-order valence-corrected chi connectivity index (χ0v) is 13.2. The second-order valence-electron chi connectivity index (χ2n) is 5.69. The average Bonchev–Trinajstić information content (AvgIpc) is 2.68. The van der Waals surface area contributed by atoms with Crippen molar-refractivity contribution in [3.63, 3.8) is 0 Å². The highest BCUT2D eigenvalue weighted by atomic mass is 79.9. The molecular weight excluding hydrogens is 302 g/mol. The van der Waals surface area contributed by atoms with Gasteiger partial charge in [-0.3, -0.25) is 0 Å². The lowest BCUT2D eigenvalue weighted by Crippen LogP contribution is -2.32. The van der Waals surface area contributed by atoms with Gasteiger partial charge in [-0.25, -0.2) is 0 Å². The highest BCUT2D eigenvalue weighted by Crippen LogP contribution is 2.26. The normalized spacial score (nSPS) is 19.1. The molecule has 2 N–H and O–H groups in total. The van der Waals surface area contributed by atoms with E-state index in [1.807, 2.05) is 12.1 Å². The second-order valence-corrected chi connectivity index (χ2v) is 6.61. The Kier molecular flexibility index (Phi) is 5.71. The molecule has 1 aromatic rings. The smallest absolute Gasteiger partial charge is 0.120 e. The molecule has 1 saturated carbocycles. The van der Waals surface area contributed by atoms with Crippen molar-refractivity contribution in [2.75, 3.05) is 0 Å². The highest BCUT2D eigenvalue weighted by molar-refractivity contribution is 9.10. The molecular formula is C16H24BrNO. The molecule has 0 spiro atoms. The zero-order valence-electron chi connectivity index (χ0n) is 11.7. The van der Waals surface area contributed by atoms with Gasteiger partial charge in [0.25, 0.3) is 0 Å². The summed E-state index contributed by atoms with van der Waals surface area (Å²) in [6.07, 6.45) is 8.24. The fourth-order valence-electron chi connectivity index (χ4n) is 2.94. The SMILES string of the molecule is C[C@@H](NCc1cc(Br)ccc1O)C1CCCCCC1. The molecule has 0 unspecified atom stereocenters. The summed E-state index contributed by atoms with van der Waals surface area (Å²) in [6, 6.07) is 6.13. The van der Waals surface area contributed by atoms with E-state index in [0.29, 0.717) is 11.8 Å². The van der Waals surface area contributed by atoms with E-state index in [2.05, 4.69) is 28.2 Å². The third-order valence-electron chi connectivity index (χ3n) is 4.26. The Morgan fingerprint density at radius 2 is 1.95 bits per heavy atom. The van der Waals surface area contributed by atoms with Crippen molar-refractivity contribution in [2.24, 2.45) is 5.92 Å². The van der Waals surface area contributed by atoms with Crippen molar-refractivity contribution in [1.82, 2.24) is 5.32 Å². The van der Waals surface area contributed by atoms with Gasteiger partial charge in [-0.05, 0) is 43.9 Å². The van der Waals surface area contributed by atoms with E-state index < -0.39 is 0 Å². The first-order chi connectivity index (χ1) is 9.16. The van der Waals surface area contributed by atoms with Gasteiger partial charge in [0, 0.05) is 22.6 Å². The van der Waals surface area contributed by atoms with Crippen LogP contribution in [0.15, 0.2) is 22.7 Å². The third-order valence-corrected chi connectivity index (χ3v) is 4.76. The van der Waals surface area contributed by atoms with Crippen LogP contribution in [0.3, 0.4) is 0 Å². The number of benzene rings is 1. The molecule has 0 amide bonds. The number of hydrogen-bond acceptors (Lipinski definition) is 2. The van der Waals surface area contributed by atoms with Crippen LogP contribution in [0, 0.1) is 5.92 Å². The van der Waals surface area contributed by atoms with Crippen molar-refractivity contribution < 1.29 is 5.11 Å². The molecule has 106 valence electrons. The van der Waals surface area contributed by atoms with Crippen molar-refractivity contribution in [1.29, 1.82) is 0 Å². The first kappa shape index (κ1) is 14.9. The molecule has 0 radical (unpaired) electrons. The summed E-state index contributed by atoms with van der Waals surface area (Å²) < 4.78 is 1.02. The van der Waals surface area contributed by atoms with Crippen molar-refractivity contribution in [3.8, 4) is 5.75 Å². The molecule has 2 rings (SSSR count). The average molecular weight is 326 g/mol. The number of nitrogens with one attached hydrogen (secondary N) is 1. The van der Waals surface area contributed by atoms with Gasteiger partial charge in [0.15, 0.2) is 0 Å². The minimum Gasteiger partial charge on any atom is -0.508 e. The van der Waals surface area contributed by atoms with Crippen LogP contribution < -0.4 is 5.32 Å². The molecule has 0 saturated heterocycles. The Balaban J connectivity index is 1.88. The predicted octanol–water partition coefficient (Wildman–Crippen LogP) is 4.60. The van der Waals surface area contributed by atoms with Crippen LogP contribution in [0.1, 0.15) is 51.0 Å². The van der Waals surface area contributed by atoms with Crippen LogP contribution in [-0.2, 0) is 6.54 Å². The number of hydrogen-bond donors (Lipinski definition) is 2. The fraction of sp³-hybridized carbons (Fsp3) is 0.625. The van der Waals surface area contributed by atoms with Gasteiger partial charge in [-0.1, -0.05) is 41.6 Å². The Hall–Kier alpha value is -0.540. The maximum atomic E-state index is 9.84. The van der Waals surface area contributed by atoms with Crippen LogP contribution in [0.2, 0.25) is 0 Å². The number of halogens is 1. The van der Waals surface area contributed by atoms with Crippen LogP contribution in [0.5, 0.6) is 5.75 Å². The molecule has 1 fully saturated rings. The van der Waals surface area contributed by atoms with Crippen molar-refractivity contribution in [3.05, 3.63) is 28.2 Å². The molecule has 1 aromatic carbocycles. The summed E-state index contributed by atoms with van der Waals surface area (Å²) >= 11 is 3.45. The summed E-state index contributed by atoms with van der Waals surface area (Å²) in [5.41, 5.74) is 0.967. The van der Waals surface area contributed by atoms with E-state index in [-0.39, 0.29) is 0 Å². The molecule has 1 atom stereocenters. The fourth-order valence-corrected chi connectivity index (χ4v) is 3.35. The van der Waals surface area contributed by atoms with E-state index in [1.54, 1.807) is 6.07 Å². The van der Waals surface area contributed by atoms with Crippen LogP contribution in [-0.4, -0.2) is 11.1 Å². The van der Waals surface area contributed by atoms with Crippen LogP contribution in [0.25, 0.3) is 0 Å². The van der Waals surface area contributed by atoms with Gasteiger partial charge in [0.1, 0.15) is 5.75 Å². The monoisotopic (exact) mass is 325 g/mol. The Morgan fingerprint density at radius 3 is 2.63 bits per heavy atom. The third kappa shape index (κ3) is 4.50. The summed E-state index contributed by atoms with van der Waals surface area (Å²) in [4.78, 5) is 0. The quantitative estimate of drug-likeness (QED) is 0.793. The largest absolute Gasteiger partial charge is 0.508 e. The first-order valence-electron chi connectivity index (χ1n) is 7.37. The van der Waals surface area contributed by atoms with Gasteiger partial charge < -0.3 is 10.4 Å². The molecule has 0 heterocycles. The second kappa shape index (κ2) is 7.30. The Morgan fingerprint density at radius 1 is 1.26 bits per heavy atom. The molecule has 0 aromatic heterocycles. The summed E-state index contributed by atoms with van der Waals surface area (Å²) in [7, 11) is 0. The number of rotatable bonds is 4. The predicted molar refractivity (Wildman–Crippen MR) is 83.3 cm³/mol. The molecule has 1 aliphatic rings. The maximum absolute atomic E-state index is 9.84. The maximum Gasteiger partial charge on any atom is 0.120 e. The zero-order chi connectivity index (χ0) is 13.7. The van der Waals surface area contributed by atoms with Gasteiger partial charge in [0.05, 0.1) is 0 Å². The summed E-state index contributed by atoms with van der Waals surface area (Å²) in [5, 5.41) is 13.4. The van der Waals surface area contributed by atoms with Crippen molar-refractivity contribution in [2.45, 2.75) is 58.0 Å². The lowest BCUT2D eigenvalue weighted by Gasteiger charge is -2.24. The lowest BCUT2D eigenvalue weighted by molar-refractivity contribution is 0.334. The Labute approximate surface area is 124 Å². The minimum atomic E-state index is 0.378. The molecule has 0 aliphatic heterocycles. The van der Waals surface area contributed by atoms with Gasteiger partial charge in [-0.2, -0.15) is 0 Å². The molecule has 2 nitrogen and oxygen atoms in total. The minimum absolute atomic E-state index is 0.378. The molecule has 1 aliphatic carbocycles. The number of phenols is 1. The van der Waals surface area contributed by atoms with Crippen LogP contribution in [0.4, 0.5) is 0 Å². The van der Waals surface area contributed by atoms with E-state index >= 15 is 0 Å². The number of aromatic hydroxyl groups is 1. The summed E-state index contributed by atoms with van der Waals surface area (Å²) in [6.45, 7) is 3.02. The van der Waals surface area contributed by atoms with Gasteiger partial charge >= 0.3 is 0 Å². The van der Waals surface area contributed by atoms with Crippen molar-refractivity contribution >= 4 is 15.9 Å². The van der Waals surface area contributed by atoms with Gasteiger partial charge in [0.2, 0.25) is 0 Å². The van der Waals surface area contributed by atoms with Crippen LogP contribution >= 0.6 is 15.9 Å². The topological polar surface area (TPSA) is 32.3 Å². The Bertz CT molecular complexity index is 400. The van der Waals surface area contributed by atoms with E-state index in [4.69, 9.17) is 0 Å². The van der Waals surface area contributed by atoms with E-state index in [1.165, 1.54) is 38.5 Å². The number of phenolic OH excluding ortho intramolecular Hbond substituents is 1. The first-order valence-corrected chi connectivity index (χ1v) is 8.17. The standard InChI is InChI=1S/C16H24BrNO/c1-12(13-6-4-2-3-5-7-13)18-11-14-10-15(17)8-9-16(14)19/h8-10,12-13,18-19H,2-7,11H2,1H3/t12-/m1/s1. The lowest BCUT2D eigenvalue weighted by atomic mass is 9.93. The van der Waals surface area contributed by atoms with E-state index in [9.17, 15) is 5.11 Å².